The maximum atomic E-state index is 11.7. The van der Waals surface area contributed by atoms with Gasteiger partial charge in [0.05, 0.1) is 7.11 Å². The number of hydrogen-bond donors (Lipinski definition) is 0. The van der Waals surface area contributed by atoms with Gasteiger partial charge in [-0.1, -0.05) is 110 Å². The zero-order chi connectivity index (χ0) is 25.1. The van der Waals surface area contributed by atoms with Crippen molar-refractivity contribution in [3.05, 3.63) is 0 Å². The van der Waals surface area contributed by atoms with E-state index < -0.39 is 0 Å². The van der Waals surface area contributed by atoms with Gasteiger partial charge in [0.25, 0.3) is 0 Å². The molecule has 0 bridgehead atoms. The summed E-state index contributed by atoms with van der Waals surface area (Å²) in [5, 5.41) is 1.32. The van der Waals surface area contributed by atoms with Crippen LogP contribution in [0.2, 0.25) is 0 Å². The maximum absolute atomic E-state index is 11.7. The van der Waals surface area contributed by atoms with Gasteiger partial charge >= 0.3 is 0 Å². The molecule has 0 unspecified atom stereocenters. The van der Waals surface area contributed by atoms with Gasteiger partial charge in [-0.25, -0.2) is 5.06 Å². The molecule has 0 heterocycles. The second kappa shape index (κ2) is 26.9. The quantitative estimate of drug-likeness (QED) is 0.0664. The topological polar surface area (TPSA) is 48.0 Å². The molecule has 0 aliphatic carbocycles. The van der Waals surface area contributed by atoms with Crippen LogP contribution in [0.25, 0.3) is 0 Å². The smallest absolute Gasteiger partial charge is 0.245 e. The van der Waals surface area contributed by atoms with Crippen LogP contribution in [0.5, 0.6) is 0 Å². The molecular formula is C29H59NO4. The Labute approximate surface area is 212 Å². The zero-order valence-corrected chi connectivity index (χ0v) is 23.4. The summed E-state index contributed by atoms with van der Waals surface area (Å²) in [4.78, 5) is 16.7. The molecule has 0 radical (unpaired) electrons. The van der Waals surface area contributed by atoms with Gasteiger partial charge in [-0.05, 0) is 32.1 Å². The fourth-order valence-corrected chi connectivity index (χ4v) is 4.14. The van der Waals surface area contributed by atoms with Crippen LogP contribution in [0.15, 0.2) is 0 Å². The summed E-state index contributed by atoms with van der Waals surface area (Å²) >= 11 is 0. The molecular weight excluding hydrogens is 426 g/mol. The Bertz CT molecular complexity index is 399. The third-order valence-corrected chi connectivity index (χ3v) is 6.56. The van der Waals surface area contributed by atoms with Crippen LogP contribution in [0.4, 0.5) is 0 Å². The van der Waals surface area contributed by atoms with E-state index in [9.17, 15) is 4.79 Å². The van der Waals surface area contributed by atoms with E-state index in [1.165, 1.54) is 95.6 Å². The molecule has 0 aromatic rings. The number of amides is 1. The Morgan fingerprint density at radius 1 is 0.618 bits per heavy atom. The summed E-state index contributed by atoms with van der Waals surface area (Å²) in [5.74, 6) is 0.0556. The molecule has 0 N–H and O–H groups in total. The van der Waals surface area contributed by atoms with Gasteiger partial charge in [-0.3, -0.25) is 9.63 Å². The van der Waals surface area contributed by atoms with Crippen LogP contribution < -0.4 is 0 Å². The molecule has 0 aromatic heterocycles. The zero-order valence-electron chi connectivity index (χ0n) is 23.4. The molecule has 5 nitrogen and oxygen atoms in total. The highest BCUT2D eigenvalue weighted by Crippen LogP contribution is 2.15. The van der Waals surface area contributed by atoms with Crippen molar-refractivity contribution in [2.45, 2.75) is 155 Å². The fraction of sp³-hybridized carbons (Fsp3) is 0.966. The fourth-order valence-electron chi connectivity index (χ4n) is 4.14. The molecule has 5 heteroatoms. The van der Waals surface area contributed by atoms with Crippen LogP contribution in [0.1, 0.15) is 149 Å². The van der Waals surface area contributed by atoms with E-state index in [0.29, 0.717) is 6.42 Å². The van der Waals surface area contributed by atoms with Crippen LogP contribution in [0.3, 0.4) is 0 Å². The van der Waals surface area contributed by atoms with Gasteiger partial charge in [0, 0.05) is 26.7 Å². The van der Waals surface area contributed by atoms with Gasteiger partial charge in [0.2, 0.25) is 5.91 Å². The standard InChI is InChI=1S/C29H59NO4/c1-5-7-9-11-13-18-22-26-33-29(34-27-23-19-14-12-10-8-6-2)25-21-17-15-16-20-24-28(31)30(3)32-4/h29H,5-27H2,1-4H3. The summed E-state index contributed by atoms with van der Waals surface area (Å²) in [5.41, 5.74) is 0. The molecule has 0 rings (SSSR count). The van der Waals surface area contributed by atoms with Gasteiger partial charge < -0.3 is 9.47 Å². The largest absolute Gasteiger partial charge is 0.353 e. The molecule has 0 saturated carbocycles. The molecule has 0 aromatic carbocycles. The van der Waals surface area contributed by atoms with Crippen molar-refractivity contribution >= 4 is 5.91 Å². The average Bonchev–Trinajstić information content (AvgIpc) is 2.85. The van der Waals surface area contributed by atoms with Gasteiger partial charge in [-0.15, -0.1) is 0 Å². The summed E-state index contributed by atoms with van der Waals surface area (Å²) in [6.45, 7) is 6.18. The molecule has 0 fully saturated rings. The van der Waals surface area contributed by atoms with Crippen LogP contribution in [-0.2, 0) is 19.1 Å². The number of carbonyl (C=O) groups excluding carboxylic acids is 1. The number of carbonyl (C=O) groups is 1. The van der Waals surface area contributed by atoms with E-state index in [1.54, 1.807) is 7.05 Å². The maximum Gasteiger partial charge on any atom is 0.245 e. The molecule has 0 spiro atoms. The highest BCUT2D eigenvalue weighted by atomic mass is 16.7. The first kappa shape index (κ1) is 33.4. The highest BCUT2D eigenvalue weighted by Gasteiger charge is 2.10. The SMILES string of the molecule is CCCCCCCCCOC(CCCCCCCC(=O)N(C)OC)OCCCCCCCCC. The average molecular weight is 486 g/mol. The molecule has 0 saturated heterocycles. The summed E-state index contributed by atoms with van der Waals surface area (Å²) in [6.07, 6.45) is 25.3. The van der Waals surface area contributed by atoms with Gasteiger partial charge in [0.15, 0.2) is 6.29 Å². The van der Waals surface area contributed by atoms with Crippen molar-refractivity contribution in [1.29, 1.82) is 0 Å². The first-order valence-corrected chi connectivity index (χ1v) is 14.7. The van der Waals surface area contributed by atoms with Gasteiger partial charge in [0.1, 0.15) is 0 Å². The van der Waals surface area contributed by atoms with Crippen molar-refractivity contribution in [1.82, 2.24) is 5.06 Å². The molecule has 34 heavy (non-hydrogen) atoms. The molecule has 0 atom stereocenters. The first-order chi connectivity index (χ1) is 16.7. The Hall–Kier alpha value is -0.650. The number of rotatable bonds is 27. The molecule has 0 aliphatic rings. The number of nitrogens with zero attached hydrogens (tertiary/aromatic N) is 1. The lowest BCUT2D eigenvalue weighted by Crippen LogP contribution is -2.24. The van der Waals surface area contributed by atoms with E-state index in [4.69, 9.17) is 14.3 Å². The third kappa shape index (κ3) is 23.1. The lowest BCUT2D eigenvalue weighted by Gasteiger charge is -2.19. The predicted molar refractivity (Wildman–Crippen MR) is 144 cm³/mol. The Kier molecular flexibility index (Phi) is 26.4. The van der Waals surface area contributed by atoms with Crippen molar-refractivity contribution < 1.29 is 19.1 Å². The van der Waals surface area contributed by atoms with Crippen LogP contribution in [0, 0.1) is 0 Å². The second-order valence-corrected chi connectivity index (χ2v) is 9.79. The molecule has 1 amide bonds. The van der Waals surface area contributed by atoms with E-state index >= 15 is 0 Å². The van der Waals surface area contributed by atoms with Crippen molar-refractivity contribution in [3.63, 3.8) is 0 Å². The van der Waals surface area contributed by atoms with Crippen molar-refractivity contribution in [2.24, 2.45) is 0 Å². The van der Waals surface area contributed by atoms with Crippen LogP contribution in [-0.4, -0.2) is 44.6 Å². The highest BCUT2D eigenvalue weighted by molar-refractivity contribution is 5.74. The molecule has 0 aliphatic heterocycles. The minimum Gasteiger partial charge on any atom is -0.353 e. The number of unbranched alkanes of at least 4 members (excludes halogenated alkanes) is 16. The minimum absolute atomic E-state index is 0.0443. The van der Waals surface area contributed by atoms with Crippen molar-refractivity contribution in [2.75, 3.05) is 27.4 Å². The number of hydrogen-bond acceptors (Lipinski definition) is 4. The van der Waals surface area contributed by atoms with E-state index in [1.807, 2.05) is 0 Å². The third-order valence-electron chi connectivity index (χ3n) is 6.56. The monoisotopic (exact) mass is 485 g/mol. The summed E-state index contributed by atoms with van der Waals surface area (Å²) in [6, 6.07) is 0. The molecule has 204 valence electrons. The lowest BCUT2D eigenvalue weighted by atomic mass is 10.1. The Morgan fingerprint density at radius 2 is 1.03 bits per heavy atom. The summed E-state index contributed by atoms with van der Waals surface area (Å²) in [7, 11) is 3.20. The number of ether oxygens (including phenoxy) is 2. The van der Waals surface area contributed by atoms with Gasteiger partial charge in [-0.2, -0.15) is 0 Å². The van der Waals surface area contributed by atoms with E-state index in [-0.39, 0.29) is 12.2 Å². The Morgan fingerprint density at radius 3 is 1.50 bits per heavy atom. The Balaban J connectivity index is 3.95. The van der Waals surface area contributed by atoms with E-state index in [0.717, 1.165) is 58.2 Å². The minimum atomic E-state index is -0.0443. The number of hydroxylamine groups is 2. The first-order valence-electron chi connectivity index (χ1n) is 14.7. The second-order valence-electron chi connectivity index (χ2n) is 9.79. The lowest BCUT2D eigenvalue weighted by molar-refractivity contribution is -0.168. The normalized spacial score (nSPS) is 11.4. The van der Waals surface area contributed by atoms with Crippen molar-refractivity contribution in [3.8, 4) is 0 Å². The van der Waals surface area contributed by atoms with E-state index in [2.05, 4.69) is 13.8 Å². The van der Waals surface area contributed by atoms with Crippen LogP contribution >= 0.6 is 0 Å². The summed E-state index contributed by atoms with van der Waals surface area (Å²) < 4.78 is 12.3. The predicted octanol–water partition coefficient (Wildman–Crippen LogP) is 8.60.